The van der Waals surface area contributed by atoms with Crippen molar-refractivity contribution in [3.8, 4) is 11.5 Å². The first-order valence-corrected chi connectivity index (χ1v) is 10.7. The number of imide groups is 1. The molecule has 2 saturated heterocycles. The molecule has 2 aromatic rings. The summed E-state index contributed by atoms with van der Waals surface area (Å²) in [6.07, 6.45) is 2.27. The first kappa shape index (κ1) is 21.4. The Kier molecular flexibility index (Phi) is 6.31. The maximum absolute atomic E-state index is 11.8. The fourth-order valence-electron chi connectivity index (χ4n) is 3.25. The van der Waals surface area contributed by atoms with Gasteiger partial charge in [-0.3, -0.25) is 19.7 Å². The number of halogens is 1. The van der Waals surface area contributed by atoms with E-state index in [-0.39, 0.29) is 18.6 Å². The average Bonchev–Trinajstić information content (AvgIpc) is 3.06. The Balaban J connectivity index is 1.41. The molecule has 160 valence electrons. The van der Waals surface area contributed by atoms with Crippen LogP contribution in [-0.4, -0.2) is 48.3 Å². The Morgan fingerprint density at radius 3 is 2.61 bits per heavy atom. The molecule has 2 aliphatic heterocycles. The van der Waals surface area contributed by atoms with Gasteiger partial charge in [0.2, 0.25) is 5.91 Å². The van der Waals surface area contributed by atoms with Crippen LogP contribution < -0.4 is 10.1 Å². The van der Waals surface area contributed by atoms with Crippen molar-refractivity contribution in [3.63, 3.8) is 0 Å². The predicted molar refractivity (Wildman–Crippen MR) is 118 cm³/mol. The molecule has 9 heteroatoms. The number of rotatable bonds is 5. The molecule has 1 N–H and O–H groups in total. The van der Waals surface area contributed by atoms with Crippen molar-refractivity contribution in [1.82, 2.24) is 10.2 Å². The monoisotopic (exact) mass is 458 g/mol. The highest BCUT2D eigenvalue weighted by Crippen LogP contribution is 2.31. The molecule has 2 aromatic carbocycles. The molecule has 4 rings (SSSR count). The van der Waals surface area contributed by atoms with E-state index in [1.807, 2.05) is 24.3 Å². The number of carbonyl (C=O) groups excluding carboxylic acids is 3. The van der Waals surface area contributed by atoms with Gasteiger partial charge in [-0.25, -0.2) is 0 Å². The van der Waals surface area contributed by atoms with Crippen molar-refractivity contribution in [2.24, 2.45) is 0 Å². The van der Waals surface area contributed by atoms with Gasteiger partial charge in [0.05, 0.1) is 22.6 Å². The number of carbonyl (C=O) groups is 3. The molecular weight excluding hydrogens is 440 g/mol. The lowest BCUT2D eigenvalue weighted by molar-refractivity contribution is -0.145. The van der Waals surface area contributed by atoms with Crippen molar-refractivity contribution < 1.29 is 23.9 Å². The molecule has 0 aliphatic carbocycles. The molecule has 2 heterocycles. The lowest BCUT2D eigenvalue weighted by atomic mass is 10.0. The number of hydrogen-bond acceptors (Lipinski definition) is 6. The van der Waals surface area contributed by atoms with Gasteiger partial charge in [-0.15, -0.1) is 0 Å². The Bertz CT molecular complexity index is 1070. The number of ether oxygens (including phenoxy) is 2. The summed E-state index contributed by atoms with van der Waals surface area (Å²) in [7, 11) is 1.80. The predicted octanol–water partition coefficient (Wildman–Crippen LogP) is 3.86. The van der Waals surface area contributed by atoms with Crippen LogP contribution in [0.25, 0.3) is 6.08 Å². The third kappa shape index (κ3) is 5.10. The summed E-state index contributed by atoms with van der Waals surface area (Å²) in [5.41, 5.74) is 1.69. The molecule has 0 bridgehead atoms. The summed E-state index contributed by atoms with van der Waals surface area (Å²) in [6, 6.07) is 12.8. The zero-order valence-corrected chi connectivity index (χ0v) is 18.2. The molecule has 0 spiro atoms. The third-order valence-corrected chi connectivity index (χ3v) is 6.15. The minimum absolute atomic E-state index is 0.00840. The van der Waals surface area contributed by atoms with E-state index in [1.165, 1.54) is 0 Å². The van der Waals surface area contributed by atoms with Gasteiger partial charge in [-0.2, -0.15) is 0 Å². The first-order chi connectivity index (χ1) is 14.9. The molecule has 2 fully saturated rings. The normalized spacial score (nSPS) is 20.3. The van der Waals surface area contributed by atoms with Gasteiger partial charge in [-0.05, 0) is 65.7 Å². The Hall–Kier alpha value is -2.81. The Morgan fingerprint density at radius 2 is 1.94 bits per heavy atom. The summed E-state index contributed by atoms with van der Waals surface area (Å²) in [6.45, 7) is 0.665. The number of hydrogen-bond donors (Lipinski definition) is 1. The smallest absolute Gasteiger partial charge is 0.290 e. The number of benzene rings is 2. The Morgan fingerprint density at radius 1 is 1.19 bits per heavy atom. The maximum atomic E-state index is 11.8. The Labute approximate surface area is 188 Å². The number of thioether (sulfide) groups is 1. The van der Waals surface area contributed by atoms with Crippen molar-refractivity contribution >= 4 is 46.5 Å². The van der Waals surface area contributed by atoms with E-state index >= 15 is 0 Å². The molecule has 3 amide bonds. The van der Waals surface area contributed by atoms with Gasteiger partial charge in [0.1, 0.15) is 18.1 Å². The van der Waals surface area contributed by atoms with E-state index < -0.39 is 11.1 Å². The molecule has 0 saturated carbocycles. The molecule has 0 aromatic heterocycles. The summed E-state index contributed by atoms with van der Waals surface area (Å²) in [4.78, 5) is 36.7. The molecule has 7 nitrogen and oxygen atoms in total. The lowest BCUT2D eigenvalue weighted by Crippen LogP contribution is -2.47. The van der Waals surface area contributed by atoms with Crippen LogP contribution in [0.4, 0.5) is 4.79 Å². The van der Waals surface area contributed by atoms with E-state index in [0.717, 1.165) is 17.3 Å². The number of morpholine rings is 1. The highest BCUT2D eigenvalue weighted by Gasteiger charge is 2.26. The largest absolute Gasteiger partial charge is 0.457 e. The van der Waals surface area contributed by atoms with Crippen LogP contribution in [0.2, 0.25) is 5.02 Å². The number of amides is 3. The van der Waals surface area contributed by atoms with Crippen molar-refractivity contribution in [1.29, 1.82) is 0 Å². The topological polar surface area (TPSA) is 84.9 Å². The van der Waals surface area contributed by atoms with Gasteiger partial charge in [0.15, 0.2) is 0 Å². The molecular formula is C22H19ClN2O5S. The number of nitrogens with zero attached hydrogens (tertiary/aromatic N) is 1. The van der Waals surface area contributed by atoms with Crippen molar-refractivity contribution in [3.05, 3.63) is 63.5 Å². The standard InChI is InChI=1S/C22H19ClN2O5S/c1-25-15(11-29-12-20(25)26)8-13-2-5-16(6-3-13)30-17-7-4-14(18(23)10-17)9-19-21(27)24-22(28)31-19/h2-7,9-10,15H,8,11-12H2,1H3,(H,24,27,28)/b19-9+. The van der Waals surface area contributed by atoms with Crippen LogP contribution in [-0.2, 0) is 20.7 Å². The zero-order chi connectivity index (χ0) is 22.0. The highest BCUT2D eigenvalue weighted by atomic mass is 35.5. The molecule has 31 heavy (non-hydrogen) atoms. The quantitative estimate of drug-likeness (QED) is 0.685. The molecule has 1 atom stereocenters. The fourth-order valence-corrected chi connectivity index (χ4v) is 4.15. The second-order valence-electron chi connectivity index (χ2n) is 7.16. The SMILES string of the molecule is CN1C(=O)COCC1Cc1ccc(Oc2ccc(/C=C3/SC(=O)NC3=O)c(Cl)c2)cc1. The second-order valence-corrected chi connectivity index (χ2v) is 8.58. The number of nitrogens with one attached hydrogen (secondary N) is 1. The summed E-state index contributed by atoms with van der Waals surface area (Å²) in [5, 5.41) is 2.21. The summed E-state index contributed by atoms with van der Waals surface area (Å²) >= 11 is 7.16. The van der Waals surface area contributed by atoms with Crippen molar-refractivity contribution in [2.45, 2.75) is 12.5 Å². The minimum Gasteiger partial charge on any atom is -0.457 e. The van der Waals surface area contributed by atoms with E-state index in [0.29, 0.717) is 40.0 Å². The lowest BCUT2D eigenvalue weighted by Gasteiger charge is -2.32. The van der Waals surface area contributed by atoms with Crippen LogP contribution in [0.1, 0.15) is 11.1 Å². The van der Waals surface area contributed by atoms with Crippen molar-refractivity contribution in [2.75, 3.05) is 20.3 Å². The second kappa shape index (κ2) is 9.13. The maximum Gasteiger partial charge on any atom is 0.290 e. The molecule has 0 radical (unpaired) electrons. The van der Waals surface area contributed by atoms with E-state index in [2.05, 4.69) is 5.32 Å². The van der Waals surface area contributed by atoms with E-state index in [4.69, 9.17) is 21.1 Å². The van der Waals surface area contributed by atoms with Gasteiger partial charge in [0, 0.05) is 7.05 Å². The fraction of sp³-hybridized carbons (Fsp3) is 0.227. The zero-order valence-electron chi connectivity index (χ0n) is 16.6. The van der Waals surface area contributed by atoms with Crippen LogP contribution in [0.15, 0.2) is 47.4 Å². The average molecular weight is 459 g/mol. The minimum atomic E-state index is -0.429. The molecule has 2 aliphatic rings. The van der Waals surface area contributed by atoms with Crippen LogP contribution in [0.3, 0.4) is 0 Å². The van der Waals surface area contributed by atoms with Gasteiger partial charge >= 0.3 is 0 Å². The summed E-state index contributed by atoms with van der Waals surface area (Å²) in [5.74, 6) is 0.754. The number of likely N-dealkylation sites (N-methyl/N-ethyl adjacent to an activating group) is 1. The van der Waals surface area contributed by atoms with Gasteiger partial charge in [-0.1, -0.05) is 23.7 Å². The van der Waals surface area contributed by atoms with Gasteiger partial charge < -0.3 is 14.4 Å². The first-order valence-electron chi connectivity index (χ1n) is 9.53. The molecule has 1 unspecified atom stereocenters. The van der Waals surface area contributed by atoms with E-state index in [1.54, 1.807) is 36.2 Å². The third-order valence-electron chi connectivity index (χ3n) is 5.01. The van der Waals surface area contributed by atoms with Crippen LogP contribution in [0, 0.1) is 0 Å². The highest BCUT2D eigenvalue weighted by molar-refractivity contribution is 8.18. The van der Waals surface area contributed by atoms with Crippen LogP contribution in [0.5, 0.6) is 11.5 Å². The van der Waals surface area contributed by atoms with E-state index in [9.17, 15) is 14.4 Å². The van der Waals surface area contributed by atoms with Gasteiger partial charge in [0.25, 0.3) is 11.1 Å². The van der Waals surface area contributed by atoms with Crippen LogP contribution >= 0.6 is 23.4 Å². The summed E-state index contributed by atoms with van der Waals surface area (Å²) < 4.78 is 11.2.